The number of hydrogen-bond donors (Lipinski definition) is 1. The van der Waals surface area contributed by atoms with Crippen LogP contribution in [0.1, 0.15) is 19.3 Å². The van der Waals surface area contributed by atoms with E-state index in [9.17, 15) is 0 Å². The van der Waals surface area contributed by atoms with Gasteiger partial charge in [-0.3, -0.25) is 0 Å². The van der Waals surface area contributed by atoms with Crippen LogP contribution in [0.2, 0.25) is 0 Å². The molecule has 1 aromatic rings. The second-order valence-corrected chi connectivity index (χ2v) is 4.52. The third kappa shape index (κ3) is 3.33. The van der Waals surface area contributed by atoms with Crippen molar-refractivity contribution in [2.75, 3.05) is 37.5 Å². The van der Waals surface area contributed by atoms with E-state index in [1.54, 1.807) is 0 Å². The Balaban J connectivity index is 1.95. The molecule has 1 N–H and O–H groups in total. The molecule has 2 rings (SSSR count). The van der Waals surface area contributed by atoms with Crippen LogP contribution in [0, 0.1) is 0 Å². The van der Waals surface area contributed by atoms with Gasteiger partial charge in [0.15, 0.2) is 0 Å². The highest BCUT2D eigenvalue weighted by atomic mass is 16.5. The Labute approximate surface area is 103 Å². The van der Waals surface area contributed by atoms with E-state index in [0.29, 0.717) is 6.10 Å². The predicted molar refractivity (Wildman–Crippen MR) is 70.6 cm³/mol. The molecule has 1 aliphatic rings. The van der Waals surface area contributed by atoms with Gasteiger partial charge in [-0.05, 0) is 25.3 Å². The average molecular weight is 235 g/mol. The Kier molecular flexibility index (Phi) is 4.20. The lowest BCUT2D eigenvalue weighted by atomic mass is 10.1. The van der Waals surface area contributed by atoms with Gasteiger partial charge in [-0.2, -0.15) is 0 Å². The van der Waals surface area contributed by atoms with Gasteiger partial charge in [0.1, 0.15) is 5.82 Å². The van der Waals surface area contributed by atoms with Crippen LogP contribution in [0.4, 0.5) is 11.5 Å². The van der Waals surface area contributed by atoms with Gasteiger partial charge in [0.25, 0.3) is 0 Å². The molecule has 0 amide bonds. The SMILES string of the molecule is CNc1cc(N(C)CC2CCCCO2)ccn1. The first-order chi connectivity index (χ1) is 8.29. The molecule has 0 radical (unpaired) electrons. The summed E-state index contributed by atoms with van der Waals surface area (Å²) in [4.78, 5) is 6.45. The molecule has 17 heavy (non-hydrogen) atoms. The fourth-order valence-electron chi connectivity index (χ4n) is 2.16. The first-order valence-electron chi connectivity index (χ1n) is 6.26. The fraction of sp³-hybridized carbons (Fsp3) is 0.615. The Morgan fingerprint density at radius 3 is 3.12 bits per heavy atom. The monoisotopic (exact) mass is 235 g/mol. The summed E-state index contributed by atoms with van der Waals surface area (Å²) in [5.41, 5.74) is 1.18. The molecule has 1 atom stereocenters. The number of likely N-dealkylation sites (N-methyl/N-ethyl adjacent to an activating group) is 1. The van der Waals surface area contributed by atoms with Gasteiger partial charge in [-0.15, -0.1) is 0 Å². The molecule has 0 aliphatic carbocycles. The number of pyridine rings is 1. The minimum absolute atomic E-state index is 0.375. The zero-order valence-corrected chi connectivity index (χ0v) is 10.6. The van der Waals surface area contributed by atoms with Gasteiger partial charge in [0, 0.05) is 45.2 Å². The van der Waals surface area contributed by atoms with Crippen LogP contribution in [0.25, 0.3) is 0 Å². The maximum absolute atomic E-state index is 5.75. The third-order valence-corrected chi connectivity index (χ3v) is 3.19. The van der Waals surface area contributed by atoms with Crippen LogP contribution < -0.4 is 10.2 Å². The van der Waals surface area contributed by atoms with Crippen LogP contribution in [-0.2, 0) is 4.74 Å². The largest absolute Gasteiger partial charge is 0.376 e. The third-order valence-electron chi connectivity index (χ3n) is 3.19. The molecule has 4 heteroatoms. The van der Waals surface area contributed by atoms with Crippen molar-refractivity contribution in [2.45, 2.75) is 25.4 Å². The summed E-state index contributed by atoms with van der Waals surface area (Å²) in [7, 11) is 3.99. The fourth-order valence-corrected chi connectivity index (χ4v) is 2.16. The number of aromatic nitrogens is 1. The summed E-state index contributed by atoms with van der Waals surface area (Å²) in [6.07, 6.45) is 5.88. The van der Waals surface area contributed by atoms with Crippen molar-refractivity contribution in [3.05, 3.63) is 18.3 Å². The molecule has 4 nitrogen and oxygen atoms in total. The minimum atomic E-state index is 0.375. The van der Waals surface area contributed by atoms with Crippen LogP contribution in [0.5, 0.6) is 0 Å². The summed E-state index contributed by atoms with van der Waals surface area (Å²) in [6.45, 7) is 1.86. The maximum Gasteiger partial charge on any atom is 0.127 e. The van der Waals surface area contributed by atoms with Crippen LogP contribution >= 0.6 is 0 Å². The number of anilines is 2. The van der Waals surface area contributed by atoms with Gasteiger partial charge < -0.3 is 15.0 Å². The van der Waals surface area contributed by atoms with Crippen molar-refractivity contribution in [2.24, 2.45) is 0 Å². The molecule has 1 unspecified atom stereocenters. The Bertz CT molecular complexity index is 350. The zero-order chi connectivity index (χ0) is 12.1. The van der Waals surface area contributed by atoms with E-state index in [4.69, 9.17) is 4.74 Å². The highest BCUT2D eigenvalue weighted by molar-refractivity contribution is 5.53. The number of hydrogen-bond acceptors (Lipinski definition) is 4. The van der Waals surface area contributed by atoms with E-state index in [1.165, 1.54) is 24.9 Å². The van der Waals surface area contributed by atoms with Crippen molar-refractivity contribution < 1.29 is 4.74 Å². The van der Waals surface area contributed by atoms with Gasteiger partial charge in [0.2, 0.25) is 0 Å². The smallest absolute Gasteiger partial charge is 0.127 e. The molecule has 0 saturated carbocycles. The summed E-state index contributed by atoms with van der Waals surface area (Å²) >= 11 is 0. The average Bonchev–Trinajstić information content (AvgIpc) is 2.40. The highest BCUT2D eigenvalue weighted by Gasteiger charge is 2.16. The molecule has 2 heterocycles. The van der Waals surface area contributed by atoms with E-state index in [-0.39, 0.29) is 0 Å². The first-order valence-corrected chi connectivity index (χ1v) is 6.26. The molecule has 1 aromatic heterocycles. The van der Waals surface area contributed by atoms with Gasteiger partial charge in [-0.1, -0.05) is 0 Å². The molecular weight excluding hydrogens is 214 g/mol. The van der Waals surface area contributed by atoms with E-state index in [1.807, 2.05) is 19.3 Å². The second-order valence-electron chi connectivity index (χ2n) is 4.52. The number of ether oxygens (including phenoxy) is 1. The molecule has 1 aliphatic heterocycles. The molecule has 0 spiro atoms. The summed E-state index contributed by atoms with van der Waals surface area (Å²) < 4.78 is 5.75. The summed E-state index contributed by atoms with van der Waals surface area (Å²) in [6, 6.07) is 4.09. The lowest BCUT2D eigenvalue weighted by molar-refractivity contribution is 0.0216. The lowest BCUT2D eigenvalue weighted by Crippen LogP contribution is -2.33. The van der Waals surface area contributed by atoms with E-state index < -0.39 is 0 Å². The van der Waals surface area contributed by atoms with Crippen molar-refractivity contribution in [3.8, 4) is 0 Å². The standard InChI is InChI=1S/C13H21N3O/c1-14-13-9-11(6-7-15-13)16(2)10-12-5-3-4-8-17-12/h6-7,9,12H,3-5,8,10H2,1-2H3,(H,14,15). The lowest BCUT2D eigenvalue weighted by Gasteiger charge is -2.28. The molecular formula is C13H21N3O. The number of nitrogens with one attached hydrogen (secondary N) is 1. The van der Waals surface area contributed by atoms with Crippen molar-refractivity contribution >= 4 is 11.5 Å². The van der Waals surface area contributed by atoms with Crippen molar-refractivity contribution in [3.63, 3.8) is 0 Å². The highest BCUT2D eigenvalue weighted by Crippen LogP contribution is 2.19. The van der Waals surface area contributed by atoms with E-state index in [0.717, 1.165) is 19.0 Å². The molecule has 0 aromatic carbocycles. The van der Waals surface area contributed by atoms with Gasteiger partial charge >= 0.3 is 0 Å². The second kappa shape index (κ2) is 5.87. The normalized spacial score (nSPS) is 20.0. The number of nitrogens with zero attached hydrogens (tertiary/aromatic N) is 2. The topological polar surface area (TPSA) is 37.4 Å². The van der Waals surface area contributed by atoms with Gasteiger partial charge in [-0.25, -0.2) is 4.98 Å². The van der Waals surface area contributed by atoms with Gasteiger partial charge in [0.05, 0.1) is 6.10 Å². The van der Waals surface area contributed by atoms with E-state index in [2.05, 4.69) is 28.3 Å². The molecule has 94 valence electrons. The molecule has 1 saturated heterocycles. The Morgan fingerprint density at radius 2 is 2.41 bits per heavy atom. The maximum atomic E-state index is 5.75. The Morgan fingerprint density at radius 1 is 1.53 bits per heavy atom. The molecule has 1 fully saturated rings. The summed E-state index contributed by atoms with van der Waals surface area (Å²) in [5, 5.41) is 3.06. The van der Waals surface area contributed by atoms with Crippen molar-refractivity contribution in [1.82, 2.24) is 4.98 Å². The van der Waals surface area contributed by atoms with Crippen LogP contribution in [0.15, 0.2) is 18.3 Å². The first kappa shape index (κ1) is 12.2. The number of rotatable bonds is 4. The predicted octanol–water partition coefficient (Wildman–Crippen LogP) is 2.13. The minimum Gasteiger partial charge on any atom is -0.376 e. The van der Waals surface area contributed by atoms with Crippen molar-refractivity contribution in [1.29, 1.82) is 0 Å². The van der Waals surface area contributed by atoms with E-state index >= 15 is 0 Å². The van der Waals surface area contributed by atoms with Crippen LogP contribution in [-0.4, -0.2) is 38.3 Å². The Hall–Kier alpha value is -1.29. The van der Waals surface area contributed by atoms with Crippen LogP contribution in [0.3, 0.4) is 0 Å². The zero-order valence-electron chi connectivity index (χ0n) is 10.6. The molecule has 0 bridgehead atoms. The quantitative estimate of drug-likeness (QED) is 0.867. The summed E-state index contributed by atoms with van der Waals surface area (Å²) in [5.74, 6) is 0.902.